The molecule has 2 aromatic carbocycles. The Labute approximate surface area is 132 Å². The molecule has 0 aliphatic heterocycles. The number of ketones is 1. The van der Waals surface area contributed by atoms with Crippen LogP contribution in [0, 0.1) is 6.92 Å². The molecule has 0 atom stereocenters. The second-order valence-corrected chi connectivity index (χ2v) is 5.23. The van der Waals surface area contributed by atoms with E-state index in [0.29, 0.717) is 11.3 Å². The third-order valence-electron chi connectivity index (χ3n) is 3.20. The van der Waals surface area contributed by atoms with Crippen LogP contribution in [0.5, 0.6) is 0 Å². The van der Waals surface area contributed by atoms with Crippen molar-refractivity contribution in [2.75, 3.05) is 5.32 Å². The molecule has 23 heavy (non-hydrogen) atoms. The molecule has 0 aromatic heterocycles. The van der Waals surface area contributed by atoms with Gasteiger partial charge < -0.3 is 5.32 Å². The van der Waals surface area contributed by atoms with Gasteiger partial charge in [0.2, 0.25) is 0 Å². The van der Waals surface area contributed by atoms with E-state index in [0.717, 1.165) is 23.4 Å². The first-order valence-electron chi connectivity index (χ1n) is 6.99. The Balaban J connectivity index is 2.32. The molecule has 2 aromatic rings. The topological polar surface area (TPSA) is 29.1 Å². The van der Waals surface area contributed by atoms with Crippen LogP contribution in [0.15, 0.2) is 54.6 Å². The van der Waals surface area contributed by atoms with Crippen LogP contribution in [-0.4, -0.2) is 5.78 Å². The van der Waals surface area contributed by atoms with E-state index in [1.165, 1.54) is 25.1 Å². The Hall–Kier alpha value is -2.56. The van der Waals surface area contributed by atoms with Crippen LogP contribution in [0.3, 0.4) is 0 Å². The smallest absolute Gasteiger partial charge is 0.355 e. The number of nitrogens with one attached hydrogen (secondary N) is 1. The maximum absolute atomic E-state index is 12.6. The summed E-state index contributed by atoms with van der Waals surface area (Å²) in [7, 11) is 0. The van der Waals surface area contributed by atoms with Gasteiger partial charge in [-0.05, 0) is 43.7 Å². The summed E-state index contributed by atoms with van der Waals surface area (Å²) in [5.74, 6) is -0.195. The summed E-state index contributed by atoms with van der Waals surface area (Å²) in [6, 6.07) is 12.2. The number of alkyl halides is 3. The minimum absolute atomic E-state index is 0.195. The third-order valence-corrected chi connectivity index (χ3v) is 3.20. The van der Waals surface area contributed by atoms with E-state index in [9.17, 15) is 18.0 Å². The molecule has 2 nitrogen and oxygen atoms in total. The molecule has 2 rings (SSSR count). The summed E-state index contributed by atoms with van der Waals surface area (Å²) >= 11 is 0. The maximum Gasteiger partial charge on any atom is 0.416 e. The summed E-state index contributed by atoms with van der Waals surface area (Å²) in [5.41, 5.74) is 2.08. The minimum atomic E-state index is -4.38. The van der Waals surface area contributed by atoms with Crippen LogP contribution in [-0.2, 0) is 11.0 Å². The van der Waals surface area contributed by atoms with E-state index < -0.39 is 11.7 Å². The zero-order valence-corrected chi connectivity index (χ0v) is 12.7. The lowest BCUT2D eigenvalue weighted by molar-refractivity contribution is -0.137. The van der Waals surface area contributed by atoms with Gasteiger partial charge in [0, 0.05) is 17.5 Å². The molecule has 0 bridgehead atoms. The van der Waals surface area contributed by atoms with Gasteiger partial charge in [-0.25, -0.2) is 0 Å². The van der Waals surface area contributed by atoms with Gasteiger partial charge in [0.05, 0.1) is 5.56 Å². The third kappa shape index (κ3) is 4.71. The Morgan fingerprint density at radius 1 is 1.00 bits per heavy atom. The number of carbonyl (C=O) groups excluding carboxylic acids is 1. The van der Waals surface area contributed by atoms with E-state index in [4.69, 9.17) is 0 Å². The number of rotatable bonds is 4. The molecular formula is C18H16F3NO. The van der Waals surface area contributed by atoms with Crippen LogP contribution in [0.4, 0.5) is 18.9 Å². The number of anilines is 1. The highest BCUT2D eigenvalue weighted by Gasteiger charge is 2.30. The molecule has 0 saturated carbocycles. The van der Waals surface area contributed by atoms with Crippen molar-refractivity contribution in [2.24, 2.45) is 0 Å². The first-order valence-corrected chi connectivity index (χ1v) is 6.99. The fourth-order valence-electron chi connectivity index (χ4n) is 2.03. The number of benzene rings is 2. The Kier molecular flexibility index (Phi) is 4.89. The summed E-state index contributed by atoms with van der Waals surface area (Å²) in [6.45, 7) is 3.34. The second-order valence-electron chi connectivity index (χ2n) is 5.23. The number of allylic oxidation sites excluding steroid dienone is 1. The van der Waals surface area contributed by atoms with Gasteiger partial charge in [-0.2, -0.15) is 13.2 Å². The molecule has 0 fully saturated rings. The summed E-state index contributed by atoms with van der Waals surface area (Å²) in [6.07, 6.45) is -3.02. The Morgan fingerprint density at radius 3 is 2.04 bits per heavy atom. The quantitative estimate of drug-likeness (QED) is 0.798. The second kappa shape index (κ2) is 6.69. The van der Waals surface area contributed by atoms with Crippen LogP contribution >= 0.6 is 0 Å². The maximum atomic E-state index is 12.6. The van der Waals surface area contributed by atoms with Crippen molar-refractivity contribution < 1.29 is 18.0 Å². The predicted molar refractivity (Wildman–Crippen MR) is 84.9 cm³/mol. The molecule has 5 heteroatoms. The van der Waals surface area contributed by atoms with Crippen molar-refractivity contribution in [3.8, 4) is 0 Å². The zero-order valence-electron chi connectivity index (χ0n) is 12.7. The van der Waals surface area contributed by atoms with Gasteiger partial charge in [0.25, 0.3) is 0 Å². The molecule has 0 saturated heterocycles. The van der Waals surface area contributed by atoms with Crippen LogP contribution in [0.1, 0.15) is 23.6 Å². The number of aryl methyl sites for hydroxylation is 1. The Bertz CT molecular complexity index is 713. The first-order chi connectivity index (χ1) is 10.8. The Morgan fingerprint density at radius 2 is 1.57 bits per heavy atom. The van der Waals surface area contributed by atoms with Crippen LogP contribution < -0.4 is 5.32 Å². The van der Waals surface area contributed by atoms with E-state index in [1.54, 1.807) is 0 Å². The zero-order chi connectivity index (χ0) is 17.0. The molecule has 120 valence electrons. The first kappa shape index (κ1) is 16.8. The molecule has 0 unspecified atom stereocenters. The molecular weight excluding hydrogens is 303 g/mol. The molecule has 1 N–H and O–H groups in total. The molecule has 0 radical (unpaired) electrons. The van der Waals surface area contributed by atoms with Crippen molar-refractivity contribution in [2.45, 2.75) is 20.0 Å². The highest BCUT2D eigenvalue weighted by molar-refractivity contribution is 5.97. The van der Waals surface area contributed by atoms with Gasteiger partial charge in [0.1, 0.15) is 0 Å². The van der Waals surface area contributed by atoms with Gasteiger partial charge in [-0.15, -0.1) is 0 Å². The van der Waals surface area contributed by atoms with Crippen molar-refractivity contribution in [3.63, 3.8) is 0 Å². The summed E-state index contributed by atoms with van der Waals surface area (Å²) < 4.78 is 37.9. The highest BCUT2D eigenvalue weighted by atomic mass is 19.4. The number of hydrogen-bond acceptors (Lipinski definition) is 2. The van der Waals surface area contributed by atoms with Crippen LogP contribution in [0.25, 0.3) is 5.70 Å². The van der Waals surface area contributed by atoms with Crippen LogP contribution in [0.2, 0.25) is 0 Å². The predicted octanol–water partition coefficient (Wildman–Crippen LogP) is 5.06. The van der Waals surface area contributed by atoms with Crippen molar-refractivity contribution in [1.82, 2.24) is 0 Å². The van der Waals surface area contributed by atoms with Gasteiger partial charge in [-0.1, -0.05) is 29.8 Å². The SMILES string of the molecule is CC(=O)/C=C(/Nc1ccc(C)cc1)c1ccc(C(F)(F)F)cc1. The van der Waals surface area contributed by atoms with E-state index in [2.05, 4.69) is 5.32 Å². The molecule has 0 aliphatic rings. The molecule has 0 heterocycles. The van der Waals surface area contributed by atoms with Gasteiger partial charge in [-0.3, -0.25) is 4.79 Å². The lowest BCUT2D eigenvalue weighted by Gasteiger charge is -2.13. The van der Waals surface area contributed by atoms with E-state index in [1.807, 2.05) is 31.2 Å². The standard InChI is InChI=1S/C18H16F3NO/c1-12-3-9-16(10-4-12)22-17(11-13(2)23)14-5-7-15(8-6-14)18(19,20)21/h3-11,22H,1-2H3/b17-11+. The van der Waals surface area contributed by atoms with Gasteiger partial charge >= 0.3 is 6.18 Å². The average Bonchev–Trinajstić information content (AvgIpc) is 2.48. The highest BCUT2D eigenvalue weighted by Crippen LogP contribution is 2.30. The average molecular weight is 319 g/mol. The fraction of sp³-hybridized carbons (Fsp3) is 0.167. The number of halogens is 3. The molecule has 0 spiro atoms. The monoisotopic (exact) mass is 319 g/mol. The van der Waals surface area contributed by atoms with E-state index in [-0.39, 0.29) is 5.78 Å². The lowest BCUT2D eigenvalue weighted by atomic mass is 10.1. The molecule has 0 amide bonds. The van der Waals surface area contributed by atoms with Gasteiger partial charge in [0.15, 0.2) is 5.78 Å². The van der Waals surface area contributed by atoms with Crippen molar-refractivity contribution in [1.29, 1.82) is 0 Å². The summed E-state index contributed by atoms with van der Waals surface area (Å²) in [4.78, 5) is 11.4. The van der Waals surface area contributed by atoms with Crippen molar-refractivity contribution >= 4 is 17.2 Å². The molecule has 0 aliphatic carbocycles. The lowest BCUT2D eigenvalue weighted by Crippen LogP contribution is -2.06. The van der Waals surface area contributed by atoms with E-state index >= 15 is 0 Å². The normalized spacial score (nSPS) is 12.1. The largest absolute Gasteiger partial charge is 0.416 e. The van der Waals surface area contributed by atoms with Crippen molar-refractivity contribution in [3.05, 3.63) is 71.3 Å². The number of hydrogen-bond donors (Lipinski definition) is 1. The number of carbonyl (C=O) groups is 1. The fourth-order valence-corrected chi connectivity index (χ4v) is 2.03. The minimum Gasteiger partial charge on any atom is -0.355 e. The summed E-state index contributed by atoms with van der Waals surface area (Å²) in [5, 5.41) is 3.07.